The molecule has 0 saturated carbocycles. The van der Waals surface area contributed by atoms with Crippen LogP contribution in [0, 0.1) is 0 Å². The molecule has 0 aliphatic heterocycles. The van der Waals surface area contributed by atoms with Crippen LogP contribution in [0.1, 0.15) is 20.7 Å². The molecule has 0 spiro atoms. The summed E-state index contributed by atoms with van der Waals surface area (Å²) in [6.07, 6.45) is -2.07. The van der Waals surface area contributed by atoms with E-state index in [9.17, 15) is 24.9 Å². The van der Waals surface area contributed by atoms with Crippen molar-refractivity contribution < 1.29 is 34.4 Å². The third-order valence-electron chi connectivity index (χ3n) is 4.44. The summed E-state index contributed by atoms with van der Waals surface area (Å²) in [6, 6.07) is 16.3. The Kier molecular flexibility index (Phi) is 5.89. The number of benzene rings is 2. The maximum Gasteiger partial charge on any atom is 0.338 e. The number of ether oxygens (including phenoxy) is 2. The number of rotatable bonds is 5. The van der Waals surface area contributed by atoms with Crippen LogP contribution in [0.2, 0.25) is 0 Å². The van der Waals surface area contributed by atoms with Crippen LogP contribution >= 0.6 is 0 Å². The molecular weight excluding hydrogens is 364 g/mol. The van der Waals surface area contributed by atoms with Gasteiger partial charge in [0.2, 0.25) is 0 Å². The van der Waals surface area contributed by atoms with E-state index < -0.39 is 42.5 Å². The molecule has 146 valence electrons. The van der Waals surface area contributed by atoms with Crippen LogP contribution in [0.15, 0.2) is 72.8 Å². The van der Waals surface area contributed by atoms with Crippen molar-refractivity contribution in [3.05, 3.63) is 83.9 Å². The molecule has 0 saturated heterocycles. The van der Waals surface area contributed by atoms with Gasteiger partial charge in [0, 0.05) is 0 Å². The van der Waals surface area contributed by atoms with Gasteiger partial charge in [-0.05, 0) is 36.4 Å². The second-order valence-electron chi connectivity index (χ2n) is 6.46. The molecule has 2 aromatic carbocycles. The number of esters is 2. The van der Waals surface area contributed by atoms with E-state index in [0.717, 1.165) is 6.08 Å². The van der Waals surface area contributed by atoms with Crippen LogP contribution in [0.4, 0.5) is 0 Å². The smallest absolute Gasteiger partial charge is 0.338 e. The van der Waals surface area contributed by atoms with Crippen molar-refractivity contribution in [3.8, 4) is 0 Å². The molecule has 0 unspecified atom stereocenters. The molecule has 4 atom stereocenters. The fourth-order valence-corrected chi connectivity index (χ4v) is 2.80. The molecule has 1 aliphatic carbocycles. The number of carbonyl (C=O) groups excluding carboxylic acids is 2. The summed E-state index contributed by atoms with van der Waals surface area (Å²) in [7, 11) is 0. The lowest BCUT2D eigenvalue weighted by atomic mass is 9.85. The first-order chi connectivity index (χ1) is 13.4. The standard InChI is InChI=1S/C21H20O7/c22-17-16(28-20(25)15-9-5-2-6-10-15)11-12-21(26,18(17)23)13-27-19(24)14-7-3-1-4-8-14/h1-12,16-18,22-23,26H,13H2/t16-,17+,18-,21+/m0/s1. The van der Waals surface area contributed by atoms with E-state index in [1.165, 1.54) is 6.08 Å². The van der Waals surface area contributed by atoms with Crippen LogP contribution < -0.4 is 0 Å². The van der Waals surface area contributed by atoms with Crippen LogP contribution in [0.3, 0.4) is 0 Å². The van der Waals surface area contributed by atoms with Crippen LogP contribution in [0.5, 0.6) is 0 Å². The first kappa shape index (κ1) is 19.8. The SMILES string of the molecule is O=C(OC[C@]1(O)C=C[C@H](OC(=O)c2ccccc2)[C@@H](O)[C@@H]1O)c1ccccc1. The van der Waals surface area contributed by atoms with Gasteiger partial charge in [-0.25, -0.2) is 9.59 Å². The first-order valence-corrected chi connectivity index (χ1v) is 8.67. The summed E-state index contributed by atoms with van der Waals surface area (Å²) in [5.74, 6) is -1.36. The fourth-order valence-electron chi connectivity index (χ4n) is 2.80. The van der Waals surface area contributed by atoms with Gasteiger partial charge in [-0.2, -0.15) is 0 Å². The van der Waals surface area contributed by atoms with Gasteiger partial charge in [0.15, 0.2) is 0 Å². The predicted octanol–water partition coefficient (Wildman–Crippen LogP) is 1.09. The predicted molar refractivity (Wildman–Crippen MR) is 98.5 cm³/mol. The molecule has 2 aromatic rings. The quantitative estimate of drug-likeness (QED) is 0.522. The lowest BCUT2D eigenvalue weighted by Crippen LogP contribution is -2.57. The topological polar surface area (TPSA) is 113 Å². The molecule has 0 aromatic heterocycles. The Hall–Kier alpha value is -3.00. The highest BCUT2D eigenvalue weighted by molar-refractivity contribution is 5.90. The van der Waals surface area contributed by atoms with Crippen molar-refractivity contribution in [2.24, 2.45) is 0 Å². The molecule has 1 aliphatic rings. The highest BCUT2D eigenvalue weighted by atomic mass is 16.6. The Morgan fingerprint density at radius 3 is 2.00 bits per heavy atom. The van der Waals surface area contributed by atoms with E-state index in [0.29, 0.717) is 0 Å². The maximum atomic E-state index is 12.1. The number of hydrogen-bond donors (Lipinski definition) is 3. The van der Waals surface area contributed by atoms with Crippen LogP contribution in [0.25, 0.3) is 0 Å². The zero-order chi connectivity index (χ0) is 20.1. The monoisotopic (exact) mass is 384 g/mol. The molecule has 3 rings (SSSR count). The summed E-state index contributed by atoms with van der Waals surface area (Å²) in [4.78, 5) is 24.1. The summed E-state index contributed by atoms with van der Waals surface area (Å²) >= 11 is 0. The molecule has 0 radical (unpaired) electrons. The summed E-state index contributed by atoms with van der Waals surface area (Å²) in [5, 5.41) is 31.1. The van der Waals surface area contributed by atoms with E-state index in [4.69, 9.17) is 9.47 Å². The highest BCUT2D eigenvalue weighted by Crippen LogP contribution is 2.26. The zero-order valence-corrected chi connectivity index (χ0v) is 14.8. The molecule has 7 nitrogen and oxygen atoms in total. The Morgan fingerprint density at radius 1 is 0.893 bits per heavy atom. The summed E-state index contributed by atoms with van der Waals surface area (Å²) < 4.78 is 10.2. The average molecular weight is 384 g/mol. The van der Waals surface area contributed by atoms with Crippen LogP contribution in [-0.2, 0) is 9.47 Å². The third kappa shape index (κ3) is 4.28. The van der Waals surface area contributed by atoms with Gasteiger partial charge < -0.3 is 24.8 Å². The van der Waals surface area contributed by atoms with E-state index in [-0.39, 0.29) is 11.1 Å². The Bertz CT molecular complexity index is 850. The first-order valence-electron chi connectivity index (χ1n) is 8.67. The largest absolute Gasteiger partial charge is 0.459 e. The minimum atomic E-state index is -2.01. The number of aliphatic hydroxyl groups is 3. The summed E-state index contributed by atoms with van der Waals surface area (Å²) in [6.45, 7) is -0.575. The average Bonchev–Trinajstić information content (AvgIpc) is 2.74. The Balaban J connectivity index is 1.65. The minimum absolute atomic E-state index is 0.287. The molecule has 7 heteroatoms. The van der Waals surface area contributed by atoms with Crippen molar-refractivity contribution >= 4 is 11.9 Å². The molecule has 0 amide bonds. The molecular formula is C21H20O7. The summed E-state index contributed by atoms with van der Waals surface area (Å²) in [5.41, 5.74) is -1.44. The number of hydrogen-bond acceptors (Lipinski definition) is 7. The molecule has 3 N–H and O–H groups in total. The highest BCUT2D eigenvalue weighted by Gasteiger charge is 2.46. The van der Waals surface area contributed by atoms with Crippen molar-refractivity contribution in [2.45, 2.75) is 23.9 Å². The van der Waals surface area contributed by atoms with E-state index in [1.54, 1.807) is 60.7 Å². The fraction of sp³-hybridized carbons (Fsp3) is 0.238. The van der Waals surface area contributed by atoms with Crippen molar-refractivity contribution in [2.75, 3.05) is 6.61 Å². The number of aliphatic hydroxyl groups excluding tert-OH is 2. The maximum absolute atomic E-state index is 12.1. The van der Waals surface area contributed by atoms with E-state index in [2.05, 4.69) is 0 Å². The second kappa shape index (κ2) is 8.35. The van der Waals surface area contributed by atoms with Gasteiger partial charge in [0.25, 0.3) is 0 Å². The molecule has 0 heterocycles. The van der Waals surface area contributed by atoms with Crippen molar-refractivity contribution in [3.63, 3.8) is 0 Å². The van der Waals surface area contributed by atoms with Gasteiger partial charge >= 0.3 is 11.9 Å². The Morgan fingerprint density at radius 2 is 1.43 bits per heavy atom. The molecule has 28 heavy (non-hydrogen) atoms. The van der Waals surface area contributed by atoms with E-state index >= 15 is 0 Å². The molecule has 0 bridgehead atoms. The Labute approximate surface area is 161 Å². The zero-order valence-electron chi connectivity index (χ0n) is 14.8. The number of carbonyl (C=O) groups is 2. The van der Waals surface area contributed by atoms with Gasteiger partial charge in [-0.1, -0.05) is 36.4 Å². The third-order valence-corrected chi connectivity index (χ3v) is 4.44. The van der Waals surface area contributed by atoms with Crippen molar-refractivity contribution in [1.82, 2.24) is 0 Å². The lowest BCUT2D eigenvalue weighted by Gasteiger charge is -2.38. The normalized spacial score (nSPS) is 26.5. The van der Waals surface area contributed by atoms with Gasteiger partial charge in [0.1, 0.15) is 30.5 Å². The van der Waals surface area contributed by atoms with Crippen molar-refractivity contribution in [1.29, 1.82) is 0 Å². The lowest BCUT2D eigenvalue weighted by molar-refractivity contribution is -0.150. The van der Waals surface area contributed by atoms with Crippen LogP contribution in [-0.4, -0.2) is 57.8 Å². The second-order valence-corrected chi connectivity index (χ2v) is 6.46. The molecule has 0 fully saturated rings. The van der Waals surface area contributed by atoms with Gasteiger partial charge in [-0.15, -0.1) is 0 Å². The van der Waals surface area contributed by atoms with Gasteiger partial charge in [0.05, 0.1) is 11.1 Å². The van der Waals surface area contributed by atoms with E-state index in [1.807, 2.05) is 0 Å². The minimum Gasteiger partial charge on any atom is -0.459 e. The van der Waals surface area contributed by atoms with Gasteiger partial charge in [-0.3, -0.25) is 0 Å².